The monoisotopic (exact) mass is 470 g/mol. The molecule has 9 heteroatoms. The average Bonchev–Trinajstić information content (AvgIpc) is 3.28. The van der Waals surface area contributed by atoms with Gasteiger partial charge < -0.3 is 14.6 Å². The molecule has 172 valence electrons. The zero-order chi connectivity index (χ0) is 23.5. The SMILES string of the molecule is CCCCN1C(=O)NC(c2cccc(Cl)c2)C(c2nc(-c3ccc(OC)c(F)c3)no2)=C1C. The van der Waals surface area contributed by atoms with E-state index in [2.05, 4.69) is 22.4 Å². The van der Waals surface area contributed by atoms with Crippen molar-refractivity contribution in [2.24, 2.45) is 0 Å². The number of unbranched alkanes of at least 4 members (excludes halogenated alkanes) is 1. The molecule has 0 radical (unpaired) electrons. The Labute approximate surface area is 196 Å². The summed E-state index contributed by atoms with van der Waals surface area (Å²) in [6.45, 7) is 4.48. The molecule has 0 spiro atoms. The molecule has 2 heterocycles. The Morgan fingerprint density at radius 2 is 2.09 bits per heavy atom. The van der Waals surface area contributed by atoms with Crippen LogP contribution in [0.3, 0.4) is 0 Å². The van der Waals surface area contributed by atoms with Crippen LogP contribution in [-0.4, -0.2) is 34.7 Å². The molecule has 4 rings (SSSR count). The van der Waals surface area contributed by atoms with Gasteiger partial charge in [-0.3, -0.25) is 4.90 Å². The van der Waals surface area contributed by atoms with Crippen molar-refractivity contribution < 1.29 is 18.4 Å². The van der Waals surface area contributed by atoms with Crippen LogP contribution >= 0.6 is 11.6 Å². The van der Waals surface area contributed by atoms with Gasteiger partial charge in [-0.15, -0.1) is 0 Å². The molecule has 0 aliphatic carbocycles. The number of nitrogens with one attached hydrogen (secondary N) is 1. The van der Waals surface area contributed by atoms with Gasteiger partial charge in [0.05, 0.1) is 18.7 Å². The maximum absolute atomic E-state index is 14.2. The third kappa shape index (κ3) is 4.57. The summed E-state index contributed by atoms with van der Waals surface area (Å²) in [6.07, 6.45) is 1.79. The zero-order valence-electron chi connectivity index (χ0n) is 18.6. The van der Waals surface area contributed by atoms with Gasteiger partial charge in [0.15, 0.2) is 11.6 Å². The number of rotatable bonds is 7. The van der Waals surface area contributed by atoms with E-state index in [1.54, 1.807) is 23.1 Å². The molecule has 7 nitrogen and oxygen atoms in total. The molecule has 1 aliphatic rings. The van der Waals surface area contributed by atoms with Crippen LogP contribution in [0.25, 0.3) is 17.0 Å². The predicted octanol–water partition coefficient (Wildman–Crippen LogP) is 5.84. The highest BCUT2D eigenvalue weighted by Crippen LogP contribution is 2.38. The summed E-state index contributed by atoms with van der Waals surface area (Å²) in [7, 11) is 1.40. The van der Waals surface area contributed by atoms with E-state index < -0.39 is 11.9 Å². The number of halogens is 2. The van der Waals surface area contributed by atoms with E-state index in [0.29, 0.717) is 28.4 Å². The second kappa shape index (κ2) is 9.62. The largest absolute Gasteiger partial charge is 0.494 e. The summed E-state index contributed by atoms with van der Waals surface area (Å²) < 4.78 is 24.8. The van der Waals surface area contributed by atoms with Crippen LogP contribution in [-0.2, 0) is 0 Å². The lowest BCUT2D eigenvalue weighted by Crippen LogP contribution is -2.46. The minimum Gasteiger partial charge on any atom is -0.494 e. The lowest BCUT2D eigenvalue weighted by molar-refractivity contribution is 0.204. The third-order valence-corrected chi connectivity index (χ3v) is 5.82. The van der Waals surface area contributed by atoms with Gasteiger partial charge in [-0.2, -0.15) is 4.98 Å². The van der Waals surface area contributed by atoms with Gasteiger partial charge in [0.2, 0.25) is 5.82 Å². The number of carbonyl (C=O) groups excluding carboxylic acids is 1. The average molecular weight is 471 g/mol. The van der Waals surface area contributed by atoms with Gasteiger partial charge in [0.25, 0.3) is 5.89 Å². The molecule has 1 unspecified atom stereocenters. The molecular formula is C24H24ClFN4O3. The summed E-state index contributed by atoms with van der Waals surface area (Å²) in [5.74, 6) is 0.0757. The first-order chi connectivity index (χ1) is 15.9. The second-order valence-electron chi connectivity index (χ2n) is 7.71. The number of urea groups is 1. The normalized spacial score (nSPS) is 16.2. The smallest absolute Gasteiger partial charge is 0.322 e. The van der Waals surface area contributed by atoms with Gasteiger partial charge in [-0.1, -0.05) is 42.2 Å². The van der Waals surface area contributed by atoms with Crippen molar-refractivity contribution in [3.8, 4) is 17.1 Å². The lowest BCUT2D eigenvalue weighted by Gasteiger charge is -2.35. The number of hydrogen-bond donors (Lipinski definition) is 1. The number of methoxy groups -OCH3 is 1. The van der Waals surface area contributed by atoms with Crippen LogP contribution in [0.2, 0.25) is 5.02 Å². The Hall–Kier alpha value is -3.39. The third-order valence-electron chi connectivity index (χ3n) is 5.58. The van der Waals surface area contributed by atoms with Gasteiger partial charge in [0, 0.05) is 22.8 Å². The van der Waals surface area contributed by atoms with Crippen molar-refractivity contribution in [1.82, 2.24) is 20.4 Å². The fraction of sp³-hybridized carbons (Fsp3) is 0.292. The number of nitrogens with zero attached hydrogens (tertiary/aromatic N) is 3. The maximum atomic E-state index is 14.2. The van der Waals surface area contributed by atoms with Crippen LogP contribution in [0.1, 0.15) is 44.2 Å². The lowest BCUT2D eigenvalue weighted by atomic mass is 9.94. The van der Waals surface area contributed by atoms with Gasteiger partial charge >= 0.3 is 6.03 Å². The molecule has 1 aliphatic heterocycles. The molecule has 1 aromatic heterocycles. The Morgan fingerprint density at radius 1 is 1.27 bits per heavy atom. The Morgan fingerprint density at radius 3 is 2.79 bits per heavy atom. The van der Waals surface area contributed by atoms with Crippen LogP contribution in [0, 0.1) is 5.82 Å². The first kappa shape index (κ1) is 22.8. The van der Waals surface area contributed by atoms with Gasteiger partial charge in [0.1, 0.15) is 0 Å². The highest BCUT2D eigenvalue weighted by molar-refractivity contribution is 6.30. The van der Waals surface area contributed by atoms with Crippen molar-refractivity contribution in [3.05, 3.63) is 70.5 Å². The van der Waals surface area contributed by atoms with E-state index in [4.69, 9.17) is 20.9 Å². The van der Waals surface area contributed by atoms with Crippen LogP contribution < -0.4 is 10.1 Å². The summed E-state index contributed by atoms with van der Waals surface area (Å²) in [6, 6.07) is 11.0. The number of hydrogen-bond acceptors (Lipinski definition) is 5. The minimum absolute atomic E-state index is 0.128. The van der Waals surface area contributed by atoms with Crippen LogP contribution in [0.4, 0.5) is 9.18 Å². The quantitative estimate of drug-likeness (QED) is 0.469. The highest BCUT2D eigenvalue weighted by Gasteiger charge is 2.35. The standard InChI is InChI=1S/C24H24ClFN4O3/c1-4-5-11-30-14(2)20(21(27-24(30)31)15-7-6-8-17(25)12-15)23-28-22(29-33-23)16-9-10-19(32-3)18(26)13-16/h6-10,12-13,21H,4-5,11H2,1-3H3,(H,27,31). The van der Waals surface area contributed by atoms with E-state index in [1.165, 1.54) is 19.2 Å². The van der Waals surface area contributed by atoms with E-state index in [9.17, 15) is 9.18 Å². The van der Waals surface area contributed by atoms with Crippen molar-refractivity contribution >= 4 is 23.2 Å². The Bertz CT molecular complexity index is 1210. The second-order valence-corrected chi connectivity index (χ2v) is 8.15. The van der Waals surface area contributed by atoms with E-state index >= 15 is 0 Å². The summed E-state index contributed by atoms with van der Waals surface area (Å²) in [4.78, 5) is 19.1. The molecule has 2 amide bonds. The molecule has 0 saturated carbocycles. The highest BCUT2D eigenvalue weighted by atomic mass is 35.5. The van der Waals surface area contributed by atoms with E-state index in [0.717, 1.165) is 18.4 Å². The first-order valence-electron chi connectivity index (χ1n) is 10.6. The number of amides is 2. The van der Waals surface area contributed by atoms with Crippen molar-refractivity contribution in [1.29, 1.82) is 0 Å². The molecule has 33 heavy (non-hydrogen) atoms. The van der Waals surface area contributed by atoms with E-state index in [-0.39, 0.29) is 23.5 Å². The zero-order valence-corrected chi connectivity index (χ0v) is 19.3. The molecule has 0 fully saturated rings. The number of carbonyl (C=O) groups is 1. The first-order valence-corrected chi connectivity index (χ1v) is 11.0. The van der Waals surface area contributed by atoms with Gasteiger partial charge in [-0.25, -0.2) is 9.18 Å². The maximum Gasteiger partial charge on any atom is 0.322 e. The van der Waals surface area contributed by atoms with Crippen LogP contribution in [0.5, 0.6) is 5.75 Å². The Kier molecular flexibility index (Phi) is 6.65. The molecular weight excluding hydrogens is 447 g/mol. The fourth-order valence-electron chi connectivity index (χ4n) is 3.84. The summed E-state index contributed by atoms with van der Waals surface area (Å²) >= 11 is 6.22. The molecule has 3 aromatic rings. The number of allylic oxidation sites excluding steroid dienone is 1. The topological polar surface area (TPSA) is 80.5 Å². The fourth-order valence-corrected chi connectivity index (χ4v) is 4.03. The number of aromatic nitrogens is 2. The van der Waals surface area contributed by atoms with Crippen molar-refractivity contribution in [3.63, 3.8) is 0 Å². The molecule has 0 bridgehead atoms. The predicted molar refractivity (Wildman–Crippen MR) is 123 cm³/mol. The van der Waals surface area contributed by atoms with E-state index in [1.807, 2.05) is 19.1 Å². The summed E-state index contributed by atoms with van der Waals surface area (Å²) in [5, 5.41) is 7.65. The Balaban J connectivity index is 1.79. The molecule has 1 N–H and O–H groups in total. The number of benzene rings is 2. The summed E-state index contributed by atoms with van der Waals surface area (Å²) in [5.41, 5.74) is 2.62. The van der Waals surface area contributed by atoms with Crippen molar-refractivity contribution in [2.45, 2.75) is 32.7 Å². The van der Waals surface area contributed by atoms with Crippen LogP contribution in [0.15, 0.2) is 52.7 Å². The molecule has 1 atom stereocenters. The van der Waals surface area contributed by atoms with Gasteiger partial charge in [-0.05, 0) is 49.2 Å². The minimum atomic E-state index is -0.532. The van der Waals surface area contributed by atoms with Crippen molar-refractivity contribution in [2.75, 3.05) is 13.7 Å². The molecule has 2 aromatic carbocycles. The number of ether oxygens (including phenoxy) is 1. The molecule has 0 saturated heterocycles.